The van der Waals surface area contributed by atoms with Gasteiger partial charge in [-0.1, -0.05) is 42.5 Å². The molecule has 0 spiro atoms. The number of thioether (sulfide) groups is 1. The lowest BCUT2D eigenvalue weighted by Gasteiger charge is -2.16. The Balaban J connectivity index is 1.20. The van der Waals surface area contributed by atoms with Gasteiger partial charge in [0.2, 0.25) is 5.95 Å². The number of carbonyl (C=O) groups excluding carboxylic acids is 3. The maximum absolute atomic E-state index is 13.4. The summed E-state index contributed by atoms with van der Waals surface area (Å²) >= 11 is 1.62. The second kappa shape index (κ2) is 18.6. The first-order valence-electron chi connectivity index (χ1n) is 17.3. The molecule has 0 saturated carbocycles. The molecule has 0 aliphatic heterocycles. The number of hydrogen-bond acceptors (Lipinski definition) is 8. The monoisotopic (exact) mass is 763 g/mol. The van der Waals surface area contributed by atoms with Crippen molar-refractivity contribution in [1.29, 1.82) is 5.26 Å². The molecule has 5 aromatic carbocycles. The highest BCUT2D eigenvalue weighted by molar-refractivity contribution is 7.98. The van der Waals surface area contributed by atoms with E-state index in [-0.39, 0.29) is 18.4 Å². The summed E-state index contributed by atoms with van der Waals surface area (Å²) in [6, 6.07) is 36.8. The average Bonchev–Trinajstić information content (AvgIpc) is 3.20. The quantitative estimate of drug-likeness (QED) is 0.0667. The molecule has 0 atom stereocenters. The van der Waals surface area contributed by atoms with Gasteiger partial charge in [0.05, 0.1) is 24.4 Å². The maximum Gasteiger partial charge on any atom is 0.326 e. The molecule has 0 fully saturated rings. The Bertz CT molecular complexity index is 2400. The van der Waals surface area contributed by atoms with Crippen LogP contribution in [0.4, 0.5) is 48.8 Å². The van der Waals surface area contributed by atoms with E-state index in [9.17, 15) is 14.4 Å². The second-order valence-electron chi connectivity index (χ2n) is 12.3. The summed E-state index contributed by atoms with van der Waals surface area (Å²) < 4.78 is 5.30. The van der Waals surface area contributed by atoms with Crippen molar-refractivity contribution >= 4 is 64.2 Å². The fraction of sp³-hybridized carbons (Fsp3) is 0.0952. The second-order valence-corrected chi connectivity index (χ2v) is 13.1. The smallest absolute Gasteiger partial charge is 0.326 e. The molecule has 1 heterocycles. The summed E-state index contributed by atoms with van der Waals surface area (Å²) in [5.74, 6) is 0.668. The van der Waals surface area contributed by atoms with E-state index in [2.05, 4.69) is 41.9 Å². The fourth-order valence-corrected chi connectivity index (χ4v) is 6.05. The molecular formula is C42H37N9O4S. The van der Waals surface area contributed by atoms with Gasteiger partial charge in [-0.25, -0.2) is 24.4 Å². The van der Waals surface area contributed by atoms with E-state index in [0.717, 1.165) is 21.6 Å². The van der Waals surface area contributed by atoms with Crippen molar-refractivity contribution in [2.45, 2.75) is 17.7 Å². The summed E-state index contributed by atoms with van der Waals surface area (Å²) in [4.78, 5) is 48.9. The molecule has 6 N–H and O–H groups in total. The third kappa shape index (κ3) is 10.8. The number of benzene rings is 5. The first kappa shape index (κ1) is 38.4. The number of methoxy groups -OCH3 is 1. The molecule has 0 unspecified atom stereocenters. The van der Waals surface area contributed by atoms with Crippen LogP contribution >= 0.6 is 11.8 Å². The van der Waals surface area contributed by atoms with Gasteiger partial charge in [-0.3, -0.25) is 5.32 Å². The molecule has 0 saturated heterocycles. The van der Waals surface area contributed by atoms with Crippen LogP contribution in [0.5, 0.6) is 5.75 Å². The highest BCUT2D eigenvalue weighted by Crippen LogP contribution is 2.27. The molecule has 0 bridgehead atoms. The Kier molecular flexibility index (Phi) is 12.7. The molecule has 6 rings (SSSR count). The Morgan fingerprint density at radius 1 is 0.661 bits per heavy atom. The van der Waals surface area contributed by atoms with E-state index in [0.29, 0.717) is 51.9 Å². The van der Waals surface area contributed by atoms with Gasteiger partial charge in [-0.05, 0) is 102 Å². The summed E-state index contributed by atoms with van der Waals surface area (Å²) in [5.41, 5.74) is 6.30. The van der Waals surface area contributed by atoms with Crippen LogP contribution < -0.4 is 36.6 Å². The number of nitriles is 1. The first-order valence-corrected chi connectivity index (χ1v) is 18.5. The van der Waals surface area contributed by atoms with Crippen LogP contribution in [0.1, 0.15) is 27.9 Å². The van der Waals surface area contributed by atoms with E-state index in [1.54, 1.807) is 73.5 Å². The van der Waals surface area contributed by atoms with Crippen molar-refractivity contribution in [1.82, 2.24) is 9.97 Å². The molecule has 0 radical (unpaired) electrons. The predicted molar refractivity (Wildman–Crippen MR) is 221 cm³/mol. The normalized spacial score (nSPS) is 10.4. The van der Waals surface area contributed by atoms with Crippen LogP contribution in [0.25, 0.3) is 0 Å². The Morgan fingerprint density at radius 3 is 2.09 bits per heavy atom. The van der Waals surface area contributed by atoms with Gasteiger partial charge in [0.25, 0.3) is 0 Å². The minimum Gasteiger partial charge on any atom is -0.497 e. The van der Waals surface area contributed by atoms with Crippen molar-refractivity contribution in [3.63, 3.8) is 0 Å². The number of nitrogens with one attached hydrogen (secondary N) is 6. The molecule has 1 aromatic heterocycles. The zero-order valence-corrected chi connectivity index (χ0v) is 31.2. The van der Waals surface area contributed by atoms with Gasteiger partial charge in [-0.15, -0.1) is 11.8 Å². The van der Waals surface area contributed by atoms with Crippen LogP contribution in [0.15, 0.2) is 132 Å². The lowest BCUT2D eigenvalue weighted by Crippen LogP contribution is -2.21. The Labute approximate surface area is 327 Å². The molecule has 0 aliphatic rings. The number of para-hydroxylation sites is 1. The largest absolute Gasteiger partial charge is 0.497 e. The van der Waals surface area contributed by atoms with Gasteiger partial charge in [-0.2, -0.15) is 5.26 Å². The molecule has 6 aromatic rings. The molecule has 56 heavy (non-hydrogen) atoms. The summed E-state index contributed by atoms with van der Waals surface area (Å²) in [7, 11) is 1.55. The maximum atomic E-state index is 13.4. The molecule has 6 amide bonds. The Hall–Kier alpha value is -7.37. The lowest BCUT2D eigenvalue weighted by molar-refractivity contribution is 0.261. The minimum atomic E-state index is -0.574. The third-order valence-electron chi connectivity index (χ3n) is 8.32. The SMILES string of the molecule is COc1cccc(NC(=O)Nc2cc(Cc3ccccc3NC(=O)Nc3ccc(SC)cc3)ccc2Cc2ccnc(NC(=O)Nc3cccc(C#N)c3)n2)c1. The van der Waals surface area contributed by atoms with E-state index in [4.69, 9.17) is 10.00 Å². The van der Waals surface area contributed by atoms with Gasteiger partial charge in [0.15, 0.2) is 0 Å². The number of nitrogens with zero attached hydrogens (tertiary/aromatic N) is 3. The van der Waals surface area contributed by atoms with Gasteiger partial charge in [0, 0.05) is 52.0 Å². The number of aromatic nitrogens is 2. The number of ether oxygens (including phenoxy) is 1. The average molecular weight is 764 g/mol. The molecular weight excluding hydrogens is 727 g/mol. The van der Waals surface area contributed by atoms with Crippen molar-refractivity contribution in [3.05, 3.63) is 155 Å². The highest BCUT2D eigenvalue weighted by atomic mass is 32.2. The third-order valence-corrected chi connectivity index (χ3v) is 9.06. The lowest BCUT2D eigenvalue weighted by atomic mass is 9.99. The van der Waals surface area contributed by atoms with E-state index < -0.39 is 12.1 Å². The van der Waals surface area contributed by atoms with Crippen LogP contribution in [0, 0.1) is 11.3 Å². The zero-order chi connectivity index (χ0) is 39.3. The van der Waals surface area contributed by atoms with Crippen LogP contribution in [0.3, 0.4) is 0 Å². The highest BCUT2D eigenvalue weighted by Gasteiger charge is 2.14. The van der Waals surface area contributed by atoms with Gasteiger partial charge in [0.1, 0.15) is 5.75 Å². The number of urea groups is 3. The van der Waals surface area contributed by atoms with Crippen molar-refractivity contribution in [2.75, 3.05) is 45.3 Å². The summed E-state index contributed by atoms with van der Waals surface area (Å²) in [5, 5.41) is 26.2. The van der Waals surface area contributed by atoms with Crippen molar-refractivity contribution in [3.8, 4) is 11.8 Å². The first-order chi connectivity index (χ1) is 27.3. The number of carbonyl (C=O) groups is 3. The molecule has 280 valence electrons. The topological polar surface area (TPSA) is 182 Å². The van der Waals surface area contributed by atoms with Crippen LogP contribution in [-0.4, -0.2) is 41.4 Å². The number of hydrogen-bond donors (Lipinski definition) is 6. The Morgan fingerprint density at radius 2 is 1.34 bits per heavy atom. The summed E-state index contributed by atoms with van der Waals surface area (Å²) in [6.07, 6.45) is 4.26. The van der Waals surface area contributed by atoms with Gasteiger partial charge < -0.3 is 31.3 Å². The van der Waals surface area contributed by atoms with Crippen molar-refractivity contribution in [2.24, 2.45) is 0 Å². The number of rotatable bonds is 12. The summed E-state index contributed by atoms with van der Waals surface area (Å²) in [6.45, 7) is 0. The molecule has 13 nitrogen and oxygen atoms in total. The minimum absolute atomic E-state index is 0.0726. The van der Waals surface area contributed by atoms with Crippen LogP contribution in [-0.2, 0) is 12.8 Å². The van der Waals surface area contributed by atoms with E-state index in [1.807, 2.05) is 79.1 Å². The molecule has 0 aliphatic carbocycles. The predicted octanol–water partition coefficient (Wildman–Crippen LogP) is 9.19. The standard InChI is InChI=1S/C42H37N9O4S/c1-55-35-11-6-10-33(25-35)48-41(53)50-38-23-27(21-29-8-3-4-12-37(29)49-40(52)46-31-15-17-36(56-2)18-16-31)13-14-30(38)24-34-19-20-44-39(45-34)51-42(54)47-32-9-5-7-28(22-32)26-43/h3-20,22-23,25H,21,24H2,1-2H3,(H2,46,49,52)(H2,48,50,53)(H2,44,45,47,51,54). The van der Waals surface area contributed by atoms with Crippen LogP contribution in [0.2, 0.25) is 0 Å². The van der Waals surface area contributed by atoms with Crippen molar-refractivity contribution < 1.29 is 19.1 Å². The van der Waals surface area contributed by atoms with Gasteiger partial charge >= 0.3 is 18.1 Å². The number of amides is 6. The number of anilines is 6. The fourth-order valence-electron chi connectivity index (χ4n) is 5.65. The molecule has 14 heteroatoms. The zero-order valence-electron chi connectivity index (χ0n) is 30.4. The van der Waals surface area contributed by atoms with E-state index >= 15 is 0 Å². The van der Waals surface area contributed by atoms with E-state index in [1.165, 1.54) is 6.20 Å².